The van der Waals surface area contributed by atoms with Gasteiger partial charge in [-0.25, -0.2) is 9.18 Å². The maximum Gasteiger partial charge on any atom is 0.321 e. The molecule has 0 radical (unpaired) electrons. The van der Waals surface area contributed by atoms with Gasteiger partial charge in [-0.05, 0) is 49.4 Å². The van der Waals surface area contributed by atoms with Crippen molar-refractivity contribution in [3.8, 4) is 11.1 Å². The molecule has 0 spiro atoms. The second-order valence-corrected chi connectivity index (χ2v) is 8.41. The number of hydrogen-bond donors (Lipinski definition) is 1. The van der Waals surface area contributed by atoms with E-state index in [0.29, 0.717) is 30.6 Å². The van der Waals surface area contributed by atoms with Crippen LogP contribution in [-0.2, 0) is 0 Å². The topological polar surface area (TPSA) is 49.4 Å². The van der Waals surface area contributed by atoms with Crippen molar-refractivity contribution >= 4 is 17.5 Å². The Hall–Kier alpha value is -3.47. The third-order valence-corrected chi connectivity index (χ3v) is 6.13. The molecule has 1 aliphatic heterocycles. The minimum absolute atomic E-state index is 0.118. The summed E-state index contributed by atoms with van der Waals surface area (Å²) in [7, 11) is 0. The molecule has 1 atom stereocenters. The Labute approximate surface area is 188 Å². The second kappa shape index (κ2) is 9.35. The molecular formula is C27H27FN2O2. The van der Waals surface area contributed by atoms with Crippen LogP contribution in [0.4, 0.5) is 14.9 Å². The number of carbonyl (C=O) groups is 2. The Balaban J connectivity index is 1.47. The molecule has 0 saturated carbocycles. The number of hydrogen-bond acceptors (Lipinski definition) is 2. The van der Waals surface area contributed by atoms with E-state index < -0.39 is 5.82 Å². The zero-order valence-electron chi connectivity index (χ0n) is 18.4. The first-order chi connectivity index (χ1) is 15.4. The molecule has 1 unspecified atom stereocenters. The number of aryl methyl sites for hydroxylation is 2. The largest absolute Gasteiger partial charge is 0.324 e. The summed E-state index contributed by atoms with van der Waals surface area (Å²) in [5.41, 5.74) is 4.40. The van der Waals surface area contributed by atoms with Gasteiger partial charge in [0, 0.05) is 35.8 Å². The fourth-order valence-electron chi connectivity index (χ4n) is 4.33. The van der Waals surface area contributed by atoms with Crippen LogP contribution in [-0.4, -0.2) is 29.8 Å². The van der Waals surface area contributed by atoms with Crippen molar-refractivity contribution in [2.45, 2.75) is 26.7 Å². The quantitative estimate of drug-likeness (QED) is 0.498. The molecule has 32 heavy (non-hydrogen) atoms. The molecule has 3 aromatic rings. The monoisotopic (exact) mass is 430 g/mol. The van der Waals surface area contributed by atoms with Crippen molar-refractivity contribution in [3.05, 3.63) is 89.2 Å². The van der Waals surface area contributed by atoms with Gasteiger partial charge in [0.1, 0.15) is 5.82 Å². The number of nitrogens with one attached hydrogen (secondary N) is 1. The van der Waals surface area contributed by atoms with Crippen molar-refractivity contribution in [2.75, 3.05) is 18.4 Å². The minimum Gasteiger partial charge on any atom is -0.324 e. The number of rotatable bonds is 4. The van der Waals surface area contributed by atoms with Gasteiger partial charge in [-0.2, -0.15) is 0 Å². The summed E-state index contributed by atoms with van der Waals surface area (Å²) >= 11 is 0. The van der Waals surface area contributed by atoms with Crippen LogP contribution in [0.25, 0.3) is 11.1 Å². The van der Waals surface area contributed by atoms with E-state index in [2.05, 4.69) is 5.32 Å². The first kappa shape index (κ1) is 21.8. The summed E-state index contributed by atoms with van der Waals surface area (Å²) in [4.78, 5) is 27.7. The molecule has 1 heterocycles. The van der Waals surface area contributed by atoms with Crippen LogP contribution in [0.1, 0.15) is 34.3 Å². The van der Waals surface area contributed by atoms with E-state index >= 15 is 0 Å². The van der Waals surface area contributed by atoms with Gasteiger partial charge in [0.25, 0.3) is 0 Å². The smallest absolute Gasteiger partial charge is 0.321 e. The first-order valence-corrected chi connectivity index (χ1v) is 11.0. The van der Waals surface area contributed by atoms with E-state index in [0.717, 1.165) is 28.8 Å². The summed E-state index contributed by atoms with van der Waals surface area (Å²) in [5.74, 6) is -0.870. The molecule has 5 heteroatoms. The highest BCUT2D eigenvalue weighted by Crippen LogP contribution is 2.27. The number of carbonyl (C=O) groups excluding carboxylic acids is 2. The predicted molar refractivity (Wildman–Crippen MR) is 125 cm³/mol. The number of anilines is 1. The fraction of sp³-hybridized carbons (Fsp3) is 0.259. The molecule has 164 valence electrons. The van der Waals surface area contributed by atoms with Crippen molar-refractivity contribution in [2.24, 2.45) is 5.92 Å². The summed E-state index contributed by atoms with van der Waals surface area (Å²) in [6, 6.07) is 19.6. The lowest BCUT2D eigenvalue weighted by molar-refractivity contribution is 0.0851. The first-order valence-electron chi connectivity index (χ1n) is 11.0. The van der Waals surface area contributed by atoms with E-state index in [1.807, 2.05) is 62.4 Å². The number of Topliss-reactive ketones (excluding diaryl/α,β-unsaturated/α-hetero) is 1. The number of benzene rings is 3. The summed E-state index contributed by atoms with van der Waals surface area (Å²) in [5, 5.41) is 3.00. The minimum atomic E-state index is -0.414. The normalized spacial score (nSPS) is 16.0. The van der Waals surface area contributed by atoms with Gasteiger partial charge in [0.05, 0.1) is 0 Å². The molecule has 3 aromatic carbocycles. The van der Waals surface area contributed by atoms with Crippen LogP contribution in [0.15, 0.2) is 66.7 Å². The third-order valence-electron chi connectivity index (χ3n) is 6.13. The standard InChI is InChI=1S/C27H27FN2O2/c1-18-8-6-9-19(2)25(18)29-27(32)30-15-7-12-22(17-30)26(31)21-13-14-23(24(28)16-21)20-10-4-3-5-11-20/h3-6,8-11,13-14,16,22H,7,12,15,17H2,1-2H3,(H,29,32). The molecule has 2 amide bonds. The van der Waals surface area contributed by atoms with Crippen LogP contribution >= 0.6 is 0 Å². The molecule has 1 aliphatic rings. The molecular weight excluding hydrogens is 403 g/mol. The van der Waals surface area contributed by atoms with Gasteiger partial charge < -0.3 is 10.2 Å². The molecule has 1 N–H and O–H groups in total. The highest BCUT2D eigenvalue weighted by molar-refractivity contribution is 5.99. The van der Waals surface area contributed by atoms with E-state index in [9.17, 15) is 14.0 Å². The Morgan fingerprint density at radius 2 is 1.69 bits per heavy atom. The van der Waals surface area contributed by atoms with Crippen molar-refractivity contribution < 1.29 is 14.0 Å². The average Bonchev–Trinajstić information content (AvgIpc) is 2.81. The molecule has 0 aromatic heterocycles. The summed E-state index contributed by atoms with van der Waals surface area (Å²) in [6.45, 7) is 4.84. The number of piperidine rings is 1. The van der Waals surface area contributed by atoms with E-state index in [1.165, 1.54) is 6.07 Å². The van der Waals surface area contributed by atoms with Gasteiger partial charge in [0.2, 0.25) is 0 Å². The molecule has 0 bridgehead atoms. The van der Waals surface area contributed by atoms with Crippen LogP contribution < -0.4 is 5.32 Å². The van der Waals surface area contributed by atoms with Gasteiger partial charge in [-0.1, -0.05) is 60.7 Å². The van der Waals surface area contributed by atoms with Crippen molar-refractivity contribution in [1.29, 1.82) is 0 Å². The maximum atomic E-state index is 14.8. The highest BCUT2D eigenvalue weighted by atomic mass is 19.1. The molecule has 1 saturated heterocycles. The Morgan fingerprint density at radius 3 is 2.38 bits per heavy atom. The number of urea groups is 1. The third kappa shape index (κ3) is 4.57. The fourth-order valence-corrected chi connectivity index (χ4v) is 4.33. The Bertz CT molecular complexity index is 1120. The van der Waals surface area contributed by atoms with E-state index in [4.69, 9.17) is 0 Å². The van der Waals surface area contributed by atoms with Crippen LogP contribution in [0.5, 0.6) is 0 Å². The van der Waals surface area contributed by atoms with Gasteiger partial charge in [0.15, 0.2) is 5.78 Å². The SMILES string of the molecule is Cc1cccc(C)c1NC(=O)N1CCCC(C(=O)c2ccc(-c3ccccc3)c(F)c2)C1. The molecule has 1 fully saturated rings. The van der Waals surface area contributed by atoms with Gasteiger partial charge in [-0.15, -0.1) is 0 Å². The highest BCUT2D eigenvalue weighted by Gasteiger charge is 2.29. The van der Waals surface area contributed by atoms with Gasteiger partial charge in [-0.3, -0.25) is 4.79 Å². The van der Waals surface area contributed by atoms with Crippen molar-refractivity contribution in [1.82, 2.24) is 4.90 Å². The Kier molecular flexibility index (Phi) is 6.35. The molecule has 4 nitrogen and oxygen atoms in total. The molecule has 0 aliphatic carbocycles. The number of nitrogens with zero attached hydrogens (tertiary/aromatic N) is 1. The molecule has 4 rings (SSSR count). The Morgan fingerprint density at radius 1 is 0.969 bits per heavy atom. The second-order valence-electron chi connectivity index (χ2n) is 8.41. The van der Waals surface area contributed by atoms with Crippen molar-refractivity contribution in [3.63, 3.8) is 0 Å². The van der Waals surface area contributed by atoms with Crippen LogP contribution in [0.2, 0.25) is 0 Å². The number of ketones is 1. The lowest BCUT2D eigenvalue weighted by Gasteiger charge is -2.32. The average molecular weight is 431 g/mol. The number of halogens is 1. The number of likely N-dealkylation sites (tertiary alicyclic amines) is 1. The lowest BCUT2D eigenvalue weighted by Crippen LogP contribution is -2.44. The summed E-state index contributed by atoms with van der Waals surface area (Å²) < 4.78 is 14.8. The van der Waals surface area contributed by atoms with Crippen LogP contribution in [0, 0.1) is 25.6 Å². The van der Waals surface area contributed by atoms with Crippen LogP contribution in [0.3, 0.4) is 0 Å². The van der Waals surface area contributed by atoms with Gasteiger partial charge >= 0.3 is 6.03 Å². The number of amides is 2. The lowest BCUT2D eigenvalue weighted by atomic mass is 9.89. The summed E-state index contributed by atoms with van der Waals surface area (Å²) in [6.07, 6.45) is 1.43. The zero-order valence-corrected chi connectivity index (χ0v) is 18.4. The van der Waals surface area contributed by atoms with E-state index in [-0.39, 0.29) is 17.7 Å². The predicted octanol–water partition coefficient (Wildman–Crippen LogP) is 6.24. The zero-order chi connectivity index (χ0) is 22.7. The number of para-hydroxylation sites is 1. The van der Waals surface area contributed by atoms with E-state index in [1.54, 1.807) is 17.0 Å². The maximum absolute atomic E-state index is 14.8.